The van der Waals surface area contributed by atoms with E-state index in [0.717, 1.165) is 5.56 Å². The molecule has 32 heavy (non-hydrogen) atoms. The Bertz CT molecular complexity index is 920. The molecule has 0 aliphatic carbocycles. The SMILES string of the molecule is COc1cc(OC)cc(OCC(=O)N(Cc2ccccc2Cl)C(C)C(=O)NC(C)(C)C)c1. The number of hydrogen-bond acceptors (Lipinski definition) is 5. The van der Waals surface area contributed by atoms with Gasteiger partial charge < -0.3 is 24.4 Å². The number of nitrogens with zero attached hydrogens (tertiary/aromatic N) is 1. The summed E-state index contributed by atoms with van der Waals surface area (Å²) >= 11 is 6.31. The summed E-state index contributed by atoms with van der Waals surface area (Å²) in [5, 5.41) is 3.44. The molecule has 2 rings (SSSR count). The van der Waals surface area contributed by atoms with Gasteiger partial charge in [0.05, 0.1) is 14.2 Å². The lowest BCUT2D eigenvalue weighted by Crippen LogP contribution is -2.53. The van der Waals surface area contributed by atoms with Crippen LogP contribution in [0.1, 0.15) is 33.3 Å². The molecule has 0 bridgehead atoms. The molecule has 0 saturated carbocycles. The standard InChI is InChI=1S/C24H31ClN2O5/c1-16(23(29)26-24(2,3)4)27(14-17-9-7-8-10-21(17)25)22(28)15-32-20-12-18(30-5)11-19(13-20)31-6/h7-13,16H,14-15H2,1-6H3,(H,26,29). The molecular weight excluding hydrogens is 432 g/mol. The van der Waals surface area contributed by atoms with E-state index < -0.39 is 11.6 Å². The van der Waals surface area contributed by atoms with Gasteiger partial charge in [0.15, 0.2) is 6.61 Å². The molecule has 1 unspecified atom stereocenters. The van der Waals surface area contributed by atoms with Gasteiger partial charge >= 0.3 is 0 Å². The number of carbonyl (C=O) groups excluding carboxylic acids is 2. The fourth-order valence-corrected chi connectivity index (χ4v) is 3.15. The first-order valence-electron chi connectivity index (χ1n) is 10.2. The van der Waals surface area contributed by atoms with Crippen LogP contribution in [0.4, 0.5) is 0 Å². The summed E-state index contributed by atoms with van der Waals surface area (Å²) in [6.45, 7) is 7.24. The molecule has 0 fully saturated rings. The van der Waals surface area contributed by atoms with Crippen LogP contribution in [0.3, 0.4) is 0 Å². The largest absolute Gasteiger partial charge is 0.496 e. The monoisotopic (exact) mass is 462 g/mol. The molecule has 174 valence electrons. The highest BCUT2D eigenvalue weighted by Gasteiger charge is 2.29. The van der Waals surface area contributed by atoms with E-state index in [1.54, 1.807) is 31.2 Å². The summed E-state index contributed by atoms with van der Waals surface area (Å²) < 4.78 is 16.2. The average Bonchev–Trinajstić information content (AvgIpc) is 2.74. The van der Waals surface area contributed by atoms with Crippen LogP contribution in [0.15, 0.2) is 42.5 Å². The third-order valence-corrected chi connectivity index (χ3v) is 5.02. The summed E-state index contributed by atoms with van der Waals surface area (Å²) in [6.07, 6.45) is 0. The number of hydrogen-bond donors (Lipinski definition) is 1. The predicted octanol–water partition coefficient (Wildman–Crippen LogP) is 4.07. The van der Waals surface area contributed by atoms with Crippen molar-refractivity contribution in [2.24, 2.45) is 0 Å². The van der Waals surface area contributed by atoms with Crippen molar-refractivity contribution in [1.82, 2.24) is 10.2 Å². The lowest BCUT2D eigenvalue weighted by molar-refractivity contribution is -0.142. The molecular formula is C24H31ClN2O5. The topological polar surface area (TPSA) is 77.1 Å². The van der Waals surface area contributed by atoms with E-state index in [0.29, 0.717) is 22.3 Å². The summed E-state index contributed by atoms with van der Waals surface area (Å²) in [4.78, 5) is 27.4. The van der Waals surface area contributed by atoms with Crippen LogP contribution in [0.25, 0.3) is 0 Å². The van der Waals surface area contributed by atoms with Gasteiger partial charge in [-0.15, -0.1) is 0 Å². The van der Waals surface area contributed by atoms with Gasteiger partial charge in [-0.25, -0.2) is 0 Å². The summed E-state index contributed by atoms with van der Waals surface area (Å²) in [7, 11) is 3.06. The normalized spacial score (nSPS) is 12.0. The lowest BCUT2D eigenvalue weighted by atomic mass is 10.1. The number of methoxy groups -OCH3 is 2. The first-order valence-corrected chi connectivity index (χ1v) is 10.6. The van der Waals surface area contributed by atoms with E-state index in [4.69, 9.17) is 25.8 Å². The number of nitrogens with one attached hydrogen (secondary N) is 1. The molecule has 1 atom stereocenters. The minimum atomic E-state index is -0.735. The maximum absolute atomic E-state index is 13.2. The number of carbonyl (C=O) groups is 2. The van der Waals surface area contributed by atoms with Crippen molar-refractivity contribution in [3.05, 3.63) is 53.1 Å². The number of rotatable bonds is 9. The minimum Gasteiger partial charge on any atom is -0.496 e. The van der Waals surface area contributed by atoms with E-state index in [9.17, 15) is 9.59 Å². The predicted molar refractivity (Wildman–Crippen MR) is 124 cm³/mol. The molecule has 0 aliphatic rings. The highest BCUT2D eigenvalue weighted by molar-refractivity contribution is 6.31. The molecule has 2 amide bonds. The van der Waals surface area contributed by atoms with E-state index in [-0.39, 0.29) is 25.0 Å². The number of amides is 2. The quantitative estimate of drug-likeness (QED) is 0.607. The molecule has 0 saturated heterocycles. The molecule has 0 aliphatic heterocycles. The Balaban J connectivity index is 2.23. The van der Waals surface area contributed by atoms with Crippen LogP contribution in [0.2, 0.25) is 5.02 Å². The maximum Gasteiger partial charge on any atom is 0.261 e. The second-order valence-electron chi connectivity index (χ2n) is 8.37. The van der Waals surface area contributed by atoms with E-state index >= 15 is 0 Å². The molecule has 7 nitrogen and oxygen atoms in total. The Morgan fingerprint density at radius 2 is 1.59 bits per heavy atom. The summed E-state index contributed by atoms with van der Waals surface area (Å²) in [6, 6.07) is 11.5. The molecule has 1 N–H and O–H groups in total. The van der Waals surface area contributed by atoms with Gasteiger partial charge in [-0.2, -0.15) is 0 Å². The fraction of sp³-hybridized carbons (Fsp3) is 0.417. The van der Waals surface area contributed by atoms with Gasteiger partial charge in [0.25, 0.3) is 5.91 Å². The minimum absolute atomic E-state index is 0.169. The Labute approximate surface area is 194 Å². The molecule has 0 aromatic heterocycles. The van der Waals surface area contributed by atoms with Crippen LogP contribution in [-0.4, -0.2) is 49.1 Å². The number of benzene rings is 2. The second kappa shape index (κ2) is 11.1. The van der Waals surface area contributed by atoms with Gasteiger partial charge in [-0.05, 0) is 39.3 Å². The van der Waals surface area contributed by atoms with Crippen molar-refractivity contribution in [1.29, 1.82) is 0 Å². The first kappa shape index (κ1) is 25.3. The van der Waals surface area contributed by atoms with Gasteiger partial charge in [0, 0.05) is 35.3 Å². The Morgan fingerprint density at radius 1 is 1.03 bits per heavy atom. The molecule has 8 heteroatoms. The molecule has 0 heterocycles. The Kier molecular flexibility index (Phi) is 8.78. The van der Waals surface area contributed by atoms with E-state index in [2.05, 4.69) is 5.32 Å². The zero-order valence-electron chi connectivity index (χ0n) is 19.4. The van der Waals surface area contributed by atoms with Crippen LogP contribution in [-0.2, 0) is 16.1 Å². The van der Waals surface area contributed by atoms with E-state index in [1.165, 1.54) is 19.1 Å². The van der Waals surface area contributed by atoms with Crippen LogP contribution in [0, 0.1) is 0 Å². The highest BCUT2D eigenvalue weighted by Crippen LogP contribution is 2.27. The van der Waals surface area contributed by atoms with Crippen LogP contribution in [0.5, 0.6) is 17.2 Å². The fourth-order valence-electron chi connectivity index (χ4n) is 2.96. The molecule has 0 radical (unpaired) electrons. The molecule has 2 aromatic carbocycles. The van der Waals surface area contributed by atoms with Crippen LogP contribution < -0.4 is 19.5 Å². The van der Waals surface area contributed by atoms with Crippen molar-refractivity contribution in [2.45, 2.75) is 45.8 Å². The van der Waals surface area contributed by atoms with Crippen molar-refractivity contribution in [3.8, 4) is 17.2 Å². The van der Waals surface area contributed by atoms with Gasteiger partial charge in [-0.1, -0.05) is 29.8 Å². The number of halogens is 1. The van der Waals surface area contributed by atoms with Crippen molar-refractivity contribution < 1.29 is 23.8 Å². The third-order valence-electron chi connectivity index (χ3n) is 4.65. The van der Waals surface area contributed by atoms with Crippen molar-refractivity contribution >= 4 is 23.4 Å². The average molecular weight is 463 g/mol. The molecule has 2 aromatic rings. The first-order chi connectivity index (χ1) is 15.0. The molecule has 0 spiro atoms. The van der Waals surface area contributed by atoms with Crippen molar-refractivity contribution in [3.63, 3.8) is 0 Å². The zero-order valence-corrected chi connectivity index (χ0v) is 20.2. The summed E-state index contributed by atoms with van der Waals surface area (Å²) in [5.41, 5.74) is 0.305. The highest BCUT2D eigenvalue weighted by atomic mass is 35.5. The maximum atomic E-state index is 13.2. The number of ether oxygens (including phenoxy) is 3. The van der Waals surface area contributed by atoms with Crippen LogP contribution >= 0.6 is 11.6 Å². The van der Waals surface area contributed by atoms with Gasteiger partial charge in [0.1, 0.15) is 23.3 Å². The smallest absolute Gasteiger partial charge is 0.261 e. The Hall–Kier alpha value is -2.93. The zero-order chi connectivity index (χ0) is 23.9. The van der Waals surface area contributed by atoms with Crippen molar-refractivity contribution in [2.75, 3.05) is 20.8 Å². The lowest BCUT2D eigenvalue weighted by Gasteiger charge is -2.31. The third kappa shape index (κ3) is 7.34. The summed E-state index contributed by atoms with van der Waals surface area (Å²) in [5.74, 6) is 0.874. The van der Waals surface area contributed by atoms with Gasteiger partial charge in [0.2, 0.25) is 5.91 Å². The van der Waals surface area contributed by atoms with E-state index in [1.807, 2.05) is 39.0 Å². The Morgan fingerprint density at radius 3 is 2.12 bits per heavy atom. The second-order valence-corrected chi connectivity index (χ2v) is 8.77. The van der Waals surface area contributed by atoms with Gasteiger partial charge in [-0.3, -0.25) is 9.59 Å².